The topological polar surface area (TPSA) is 64.6 Å². The first-order valence-corrected chi connectivity index (χ1v) is 9.13. The second-order valence-corrected chi connectivity index (χ2v) is 8.65. The fraction of sp³-hybridized carbons (Fsp3) is 0.600. The minimum atomic E-state index is -3.20. The molecule has 0 spiro atoms. The second-order valence-electron chi connectivity index (χ2n) is 6.56. The number of hydrogen-bond acceptors (Lipinski definition) is 4. The molecule has 7 heteroatoms. The molecule has 2 rings (SSSR count). The van der Waals surface area contributed by atoms with Gasteiger partial charge in [0.1, 0.15) is 0 Å². The van der Waals surface area contributed by atoms with Gasteiger partial charge in [-0.05, 0) is 45.6 Å². The van der Waals surface area contributed by atoms with Crippen molar-refractivity contribution in [2.24, 2.45) is 0 Å². The average Bonchev–Trinajstić information content (AvgIpc) is 2.66. The lowest BCUT2D eigenvalue weighted by Gasteiger charge is -2.32. The van der Waals surface area contributed by atoms with E-state index in [1.165, 1.54) is 0 Å². The molecule has 1 aromatic carbocycles. The number of rotatable bonds is 5. The van der Waals surface area contributed by atoms with Gasteiger partial charge in [-0.1, -0.05) is 24.3 Å². The molecule has 1 saturated heterocycles. The molecule has 1 aromatic rings. The summed E-state index contributed by atoms with van der Waals surface area (Å²) >= 11 is 0. The van der Waals surface area contributed by atoms with Crippen LogP contribution in [-0.4, -0.2) is 32.5 Å². The molecule has 0 radical (unpaired) electrons. The molecule has 0 bridgehead atoms. The summed E-state index contributed by atoms with van der Waals surface area (Å²) in [5, 5.41) is 0. The first-order chi connectivity index (χ1) is 10.1. The normalized spacial score (nSPS) is 20.3. The first kappa shape index (κ1) is 17.5. The summed E-state index contributed by atoms with van der Waals surface area (Å²) in [5.74, 6) is 0.0733. The van der Waals surface area contributed by atoms with Crippen LogP contribution in [0.3, 0.4) is 0 Å². The van der Waals surface area contributed by atoms with E-state index in [1.54, 1.807) is 6.92 Å². The number of benzene rings is 1. The van der Waals surface area contributed by atoms with Gasteiger partial charge in [-0.25, -0.2) is 13.1 Å². The molecule has 1 aliphatic rings. The molecular formula is C15H24BNO4S. The zero-order chi connectivity index (χ0) is 16.6. The highest BCUT2D eigenvalue weighted by atomic mass is 32.2. The van der Waals surface area contributed by atoms with Gasteiger partial charge in [-0.3, -0.25) is 0 Å². The molecule has 22 heavy (non-hydrogen) atoms. The van der Waals surface area contributed by atoms with Crippen molar-refractivity contribution in [3.05, 3.63) is 29.8 Å². The van der Waals surface area contributed by atoms with E-state index in [4.69, 9.17) is 9.31 Å². The molecule has 0 aliphatic carbocycles. The highest BCUT2D eigenvalue weighted by Gasteiger charge is 2.51. The molecule has 122 valence electrons. The van der Waals surface area contributed by atoms with E-state index in [0.29, 0.717) is 0 Å². The van der Waals surface area contributed by atoms with Gasteiger partial charge in [0.2, 0.25) is 10.0 Å². The van der Waals surface area contributed by atoms with Crippen molar-refractivity contribution in [1.29, 1.82) is 0 Å². The maximum Gasteiger partial charge on any atom is 0.494 e. The summed E-state index contributed by atoms with van der Waals surface area (Å²) in [6.45, 7) is 9.91. The van der Waals surface area contributed by atoms with Crippen molar-refractivity contribution in [1.82, 2.24) is 4.72 Å². The largest absolute Gasteiger partial charge is 0.494 e. The van der Waals surface area contributed by atoms with Crippen LogP contribution < -0.4 is 10.2 Å². The first-order valence-electron chi connectivity index (χ1n) is 7.48. The highest BCUT2D eigenvalue weighted by Crippen LogP contribution is 2.36. The lowest BCUT2D eigenvalue weighted by atomic mass is 9.78. The Morgan fingerprint density at radius 1 is 1.14 bits per heavy atom. The Bertz CT molecular complexity index is 627. The summed E-state index contributed by atoms with van der Waals surface area (Å²) in [6.07, 6.45) is 0. The fourth-order valence-electron chi connectivity index (χ4n) is 2.12. The second kappa shape index (κ2) is 5.96. The van der Waals surface area contributed by atoms with Crippen molar-refractivity contribution in [2.75, 3.05) is 5.75 Å². The van der Waals surface area contributed by atoms with Gasteiger partial charge in [0.05, 0.1) is 17.0 Å². The van der Waals surface area contributed by atoms with E-state index >= 15 is 0 Å². The van der Waals surface area contributed by atoms with Gasteiger partial charge >= 0.3 is 7.12 Å². The van der Waals surface area contributed by atoms with Crippen molar-refractivity contribution in [3.63, 3.8) is 0 Å². The van der Waals surface area contributed by atoms with Crippen LogP contribution in [0.25, 0.3) is 0 Å². The van der Waals surface area contributed by atoms with E-state index in [-0.39, 0.29) is 12.3 Å². The quantitative estimate of drug-likeness (QED) is 0.832. The molecule has 0 saturated carbocycles. The van der Waals surface area contributed by atoms with E-state index in [9.17, 15) is 8.42 Å². The third kappa shape index (κ3) is 3.71. The zero-order valence-electron chi connectivity index (χ0n) is 13.8. The Morgan fingerprint density at radius 2 is 1.73 bits per heavy atom. The highest BCUT2D eigenvalue weighted by molar-refractivity contribution is 7.89. The molecule has 0 unspecified atom stereocenters. The third-order valence-electron chi connectivity index (χ3n) is 4.35. The Balaban J connectivity index is 2.13. The SMILES string of the molecule is CCS(=O)(=O)NCc1cccc(B2OC(C)(C)C(C)(C)O2)c1. The maximum atomic E-state index is 11.5. The predicted octanol–water partition coefficient (Wildman–Crippen LogP) is 1.43. The summed E-state index contributed by atoms with van der Waals surface area (Å²) in [6, 6.07) is 7.61. The van der Waals surface area contributed by atoms with Gasteiger partial charge < -0.3 is 9.31 Å². The van der Waals surface area contributed by atoms with Crippen LogP contribution >= 0.6 is 0 Å². The summed E-state index contributed by atoms with van der Waals surface area (Å²) in [5.41, 5.74) is 0.991. The minimum absolute atomic E-state index is 0.0733. The summed E-state index contributed by atoms with van der Waals surface area (Å²) < 4.78 is 37.6. The molecule has 0 atom stereocenters. The number of hydrogen-bond donors (Lipinski definition) is 1. The van der Waals surface area contributed by atoms with Crippen LogP contribution in [0.5, 0.6) is 0 Å². The molecule has 1 aliphatic heterocycles. The lowest BCUT2D eigenvalue weighted by Crippen LogP contribution is -2.41. The molecule has 1 heterocycles. The Labute approximate surface area is 133 Å². The lowest BCUT2D eigenvalue weighted by molar-refractivity contribution is 0.00578. The van der Waals surface area contributed by atoms with Gasteiger partial charge in [-0.15, -0.1) is 0 Å². The van der Waals surface area contributed by atoms with Gasteiger partial charge in [0, 0.05) is 6.54 Å². The van der Waals surface area contributed by atoms with E-state index in [0.717, 1.165) is 11.0 Å². The summed E-state index contributed by atoms with van der Waals surface area (Å²) in [4.78, 5) is 0. The van der Waals surface area contributed by atoms with Crippen LogP contribution in [0.15, 0.2) is 24.3 Å². The van der Waals surface area contributed by atoms with Crippen LogP contribution in [0.2, 0.25) is 0 Å². The van der Waals surface area contributed by atoms with Gasteiger partial charge in [0.25, 0.3) is 0 Å². The van der Waals surface area contributed by atoms with Crippen molar-refractivity contribution in [3.8, 4) is 0 Å². The molecule has 0 amide bonds. The smallest absolute Gasteiger partial charge is 0.399 e. The Kier molecular flexibility index (Phi) is 4.73. The maximum absolute atomic E-state index is 11.5. The van der Waals surface area contributed by atoms with E-state index in [1.807, 2.05) is 52.0 Å². The van der Waals surface area contributed by atoms with Crippen LogP contribution in [-0.2, 0) is 25.9 Å². The standard InChI is InChI=1S/C15H24BNO4S/c1-6-22(18,19)17-11-12-8-7-9-13(10-12)16-20-14(2,3)15(4,5)21-16/h7-10,17H,6,11H2,1-5H3. The molecule has 1 N–H and O–H groups in total. The van der Waals surface area contributed by atoms with Crippen LogP contribution in [0.1, 0.15) is 40.2 Å². The summed E-state index contributed by atoms with van der Waals surface area (Å²) in [7, 11) is -3.64. The van der Waals surface area contributed by atoms with Crippen LogP contribution in [0, 0.1) is 0 Å². The van der Waals surface area contributed by atoms with E-state index in [2.05, 4.69) is 4.72 Å². The van der Waals surface area contributed by atoms with Crippen molar-refractivity contribution < 1.29 is 17.7 Å². The third-order valence-corrected chi connectivity index (χ3v) is 5.70. The monoisotopic (exact) mass is 325 g/mol. The molecule has 0 aromatic heterocycles. The average molecular weight is 325 g/mol. The molecular weight excluding hydrogens is 301 g/mol. The fourth-order valence-corrected chi connectivity index (χ4v) is 2.71. The molecule has 5 nitrogen and oxygen atoms in total. The van der Waals surface area contributed by atoms with Crippen molar-refractivity contribution >= 4 is 22.6 Å². The van der Waals surface area contributed by atoms with E-state index < -0.39 is 28.3 Å². The van der Waals surface area contributed by atoms with Gasteiger partial charge in [-0.2, -0.15) is 0 Å². The zero-order valence-corrected chi connectivity index (χ0v) is 14.7. The number of sulfonamides is 1. The van der Waals surface area contributed by atoms with Crippen LogP contribution in [0.4, 0.5) is 0 Å². The predicted molar refractivity (Wildman–Crippen MR) is 88.5 cm³/mol. The molecule has 1 fully saturated rings. The van der Waals surface area contributed by atoms with Gasteiger partial charge in [0.15, 0.2) is 0 Å². The van der Waals surface area contributed by atoms with Crippen molar-refractivity contribution in [2.45, 2.75) is 52.4 Å². The number of nitrogens with one attached hydrogen (secondary N) is 1. The minimum Gasteiger partial charge on any atom is -0.399 e. The Hall–Kier alpha value is -0.885. The Morgan fingerprint density at radius 3 is 2.27 bits per heavy atom.